The maximum atomic E-state index is 11.8. The van der Waals surface area contributed by atoms with Gasteiger partial charge in [-0.15, -0.1) is 12.4 Å². The van der Waals surface area contributed by atoms with Crippen LogP contribution >= 0.6 is 24.0 Å². The molecule has 114 valence electrons. The summed E-state index contributed by atoms with van der Waals surface area (Å²) in [5, 5.41) is 11.0. The fourth-order valence-electron chi connectivity index (χ4n) is 2.52. The summed E-state index contributed by atoms with van der Waals surface area (Å²) in [4.78, 5) is 15.3. The highest BCUT2D eigenvalue weighted by molar-refractivity contribution is 6.31. The molecule has 5 N–H and O–H groups in total. The van der Waals surface area contributed by atoms with Gasteiger partial charge in [-0.05, 0) is 46.5 Å². The number of nitrogens with zero attached hydrogens (tertiary/aromatic N) is 1. The minimum atomic E-state index is -0.792. The number of benzene rings is 2. The number of aliphatic hydroxyl groups is 1. The first-order valence-electron chi connectivity index (χ1n) is 6.23. The van der Waals surface area contributed by atoms with Crippen molar-refractivity contribution in [2.45, 2.75) is 6.10 Å². The van der Waals surface area contributed by atoms with Crippen LogP contribution in [0.25, 0.3) is 11.1 Å². The van der Waals surface area contributed by atoms with E-state index in [0.717, 1.165) is 16.7 Å². The molecule has 2 aromatic carbocycles. The molecule has 1 amide bonds. The molecular weight excluding hydrogens is 325 g/mol. The average molecular weight is 338 g/mol. The van der Waals surface area contributed by atoms with Gasteiger partial charge < -0.3 is 16.6 Å². The van der Waals surface area contributed by atoms with E-state index in [1.54, 1.807) is 36.4 Å². The smallest absolute Gasteiger partial charge is 0.280 e. The summed E-state index contributed by atoms with van der Waals surface area (Å²) >= 11 is 6.00. The van der Waals surface area contributed by atoms with E-state index < -0.39 is 12.0 Å². The second kappa shape index (κ2) is 5.96. The van der Waals surface area contributed by atoms with E-state index in [4.69, 9.17) is 23.1 Å². The maximum absolute atomic E-state index is 11.8. The van der Waals surface area contributed by atoms with Crippen LogP contribution in [0.2, 0.25) is 5.02 Å². The summed E-state index contributed by atoms with van der Waals surface area (Å²) in [6, 6.07) is 10.3. The number of aliphatic imine (C=N–C) groups is 1. The quantitative estimate of drug-likeness (QED) is 0.548. The maximum Gasteiger partial charge on any atom is 0.280 e. The molecular formula is C15H13Cl2N3O2. The molecule has 0 spiro atoms. The lowest BCUT2D eigenvalue weighted by Crippen LogP contribution is -2.24. The van der Waals surface area contributed by atoms with Crippen LogP contribution in [-0.4, -0.2) is 17.0 Å². The lowest BCUT2D eigenvalue weighted by Gasteiger charge is -2.06. The van der Waals surface area contributed by atoms with Gasteiger partial charge in [-0.3, -0.25) is 4.79 Å². The molecule has 1 unspecified atom stereocenters. The molecule has 1 aliphatic carbocycles. The van der Waals surface area contributed by atoms with Crippen LogP contribution in [0.4, 0.5) is 0 Å². The van der Waals surface area contributed by atoms with E-state index >= 15 is 0 Å². The Bertz CT molecular complexity index is 786. The largest absolute Gasteiger partial charge is 0.384 e. The normalized spacial score (nSPS) is 14.5. The van der Waals surface area contributed by atoms with Crippen molar-refractivity contribution in [2.75, 3.05) is 0 Å². The van der Waals surface area contributed by atoms with Crippen LogP contribution in [0.5, 0.6) is 0 Å². The first-order valence-corrected chi connectivity index (χ1v) is 6.61. The van der Waals surface area contributed by atoms with Gasteiger partial charge in [0.1, 0.15) is 6.10 Å². The van der Waals surface area contributed by atoms with E-state index in [1.165, 1.54) is 0 Å². The Morgan fingerprint density at radius 2 is 1.82 bits per heavy atom. The third kappa shape index (κ3) is 2.66. The zero-order valence-electron chi connectivity index (χ0n) is 11.3. The van der Waals surface area contributed by atoms with Crippen molar-refractivity contribution in [3.05, 3.63) is 58.1 Å². The van der Waals surface area contributed by atoms with Gasteiger partial charge in [0.25, 0.3) is 5.91 Å². The van der Waals surface area contributed by atoms with Crippen LogP contribution in [-0.2, 0) is 0 Å². The molecule has 0 aliphatic heterocycles. The first kappa shape index (κ1) is 16.3. The molecule has 0 heterocycles. The molecule has 22 heavy (non-hydrogen) atoms. The van der Waals surface area contributed by atoms with Crippen LogP contribution in [0.1, 0.15) is 27.6 Å². The highest BCUT2D eigenvalue weighted by atomic mass is 35.5. The zero-order valence-corrected chi connectivity index (χ0v) is 12.9. The first-order chi connectivity index (χ1) is 9.97. The van der Waals surface area contributed by atoms with Crippen LogP contribution in [0.15, 0.2) is 41.4 Å². The molecule has 0 aromatic heterocycles. The monoisotopic (exact) mass is 337 g/mol. The molecule has 0 fully saturated rings. The van der Waals surface area contributed by atoms with Gasteiger partial charge in [-0.2, -0.15) is 4.99 Å². The number of fused-ring (bicyclic) bond motifs is 3. The minimum absolute atomic E-state index is 0. The fraction of sp³-hybridized carbons (Fsp3) is 0.0667. The Kier molecular flexibility index (Phi) is 4.42. The molecule has 0 bridgehead atoms. The third-order valence-electron chi connectivity index (χ3n) is 3.42. The molecule has 0 radical (unpaired) electrons. The molecule has 3 rings (SSSR count). The predicted molar refractivity (Wildman–Crippen MR) is 88.3 cm³/mol. The summed E-state index contributed by atoms with van der Waals surface area (Å²) in [5.41, 5.74) is 13.8. The summed E-state index contributed by atoms with van der Waals surface area (Å²) in [7, 11) is 0. The van der Waals surface area contributed by atoms with Gasteiger partial charge in [-0.1, -0.05) is 23.7 Å². The van der Waals surface area contributed by atoms with Crippen molar-refractivity contribution in [3.8, 4) is 11.1 Å². The highest BCUT2D eigenvalue weighted by Crippen LogP contribution is 2.44. The summed E-state index contributed by atoms with van der Waals surface area (Å²) in [6.07, 6.45) is -0.792. The predicted octanol–water partition coefficient (Wildman–Crippen LogP) is 2.24. The van der Waals surface area contributed by atoms with Crippen LogP contribution in [0.3, 0.4) is 0 Å². The molecule has 1 aliphatic rings. The van der Waals surface area contributed by atoms with Crippen molar-refractivity contribution >= 4 is 35.9 Å². The topological polar surface area (TPSA) is 102 Å². The van der Waals surface area contributed by atoms with E-state index in [2.05, 4.69) is 4.99 Å². The number of hydrogen-bond acceptors (Lipinski definition) is 2. The average Bonchev–Trinajstić information content (AvgIpc) is 2.71. The number of amides is 1. The molecule has 5 nitrogen and oxygen atoms in total. The fourth-order valence-corrected chi connectivity index (χ4v) is 2.69. The van der Waals surface area contributed by atoms with Gasteiger partial charge in [0.05, 0.1) is 0 Å². The van der Waals surface area contributed by atoms with Crippen LogP contribution in [0, 0.1) is 0 Å². The number of halogens is 2. The Balaban J connectivity index is 0.00000176. The molecule has 7 heteroatoms. The van der Waals surface area contributed by atoms with E-state index in [9.17, 15) is 9.90 Å². The highest BCUT2D eigenvalue weighted by Gasteiger charge is 2.28. The van der Waals surface area contributed by atoms with Gasteiger partial charge >= 0.3 is 0 Å². The van der Waals surface area contributed by atoms with Crippen molar-refractivity contribution in [1.82, 2.24) is 0 Å². The number of rotatable bonds is 1. The lowest BCUT2D eigenvalue weighted by molar-refractivity contribution is 0.100. The standard InChI is InChI=1S/C15H12ClN3O2.ClH/c16-8-2-4-10-11(6-8)9-3-1-7(5-12(9)13(10)20)14(21)19-15(17)18;/h1-6,13,20H,(H4,17,18,19,21);1H. The Labute approximate surface area is 138 Å². The number of guanidine groups is 1. The summed E-state index contributed by atoms with van der Waals surface area (Å²) in [5.74, 6) is -0.838. The van der Waals surface area contributed by atoms with Gasteiger partial charge in [0, 0.05) is 10.6 Å². The number of carbonyl (C=O) groups excluding carboxylic acids is 1. The number of aliphatic hydroxyl groups excluding tert-OH is 1. The number of carbonyl (C=O) groups is 1. The van der Waals surface area contributed by atoms with Gasteiger partial charge in [0.15, 0.2) is 5.96 Å². The Hall–Kier alpha value is -2.08. The third-order valence-corrected chi connectivity index (χ3v) is 3.66. The molecule has 0 saturated carbocycles. The second-order valence-corrected chi connectivity index (χ2v) is 5.21. The summed E-state index contributed by atoms with van der Waals surface area (Å²) < 4.78 is 0. The molecule has 2 aromatic rings. The van der Waals surface area contributed by atoms with Gasteiger partial charge in [0.2, 0.25) is 0 Å². The number of hydrogen-bond donors (Lipinski definition) is 3. The SMILES string of the molecule is Cl.NC(N)=NC(=O)c1ccc2c(c1)C(O)c1ccc(Cl)cc1-2. The Morgan fingerprint density at radius 1 is 1.09 bits per heavy atom. The lowest BCUT2D eigenvalue weighted by atomic mass is 10.0. The van der Waals surface area contributed by atoms with Crippen molar-refractivity contribution in [2.24, 2.45) is 16.5 Å². The van der Waals surface area contributed by atoms with E-state index in [0.29, 0.717) is 16.1 Å². The van der Waals surface area contributed by atoms with Crippen molar-refractivity contribution in [3.63, 3.8) is 0 Å². The second-order valence-electron chi connectivity index (χ2n) is 4.78. The summed E-state index contributed by atoms with van der Waals surface area (Å²) in [6.45, 7) is 0. The van der Waals surface area contributed by atoms with Crippen LogP contribution < -0.4 is 11.5 Å². The van der Waals surface area contributed by atoms with Crippen molar-refractivity contribution in [1.29, 1.82) is 0 Å². The number of nitrogens with two attached hydrogens (primary N) is 2. The zero-order chi connectivity index (χ0) is 15.1. The van der Waals surface area contributed by atoms with E-state index in [1.807, 2.05) is 0 Å². The van der Waals surface area contributed by atoms with Crippen molar-refractivity contribution < 1.29 is 9.90 Å². The van der Waals surface area contributed by atoms with Gasteiger partial charge in [-0.25, -0.2) is 0 Å². The Morgan fingerprint density at radius 3 is 2.50 bits per heavy atom. The molecule has 0 saturated heterocycles. The van der Waals surface area contributed by atoms with E-state index in [-0.39, 0.29) is 18.4 Å². The molecule has 1 atom stereocenters. The minimum Gasteiger partial charge on any atom is -0.384 e.